The van der Waals surface area contributed by atoms with Gasteiger partial charge in [-0.05, 0) is 31.2 Å². The van der Waals surface area contributed by atoms with Gasteiger partial charge in [-0.15, -0.1) is 0 Å². The highest BCUT2D eigenvalue weighted by Crippen LogP contribution is 2.30. The van der Waals surface area contributed by atoms with Gasteiger partial charge in [-0.2, -0.15) is 4.98 Å². The second kappa shape index (κ2) is 8.21. The predicted octanol–water partition coefficient (Wildman–Crippen LogP) is 3.39. The van der Waals surface area contributed by atoms with Gasteiger partial charge >= 0.3 is 6.09 Å². The van der Waals surface area contributed by atoms with Crippen molar-refractivity contribution in [3.8, 4) is 11.4 Å². The molecule has 1 aliphatic rings. The number of benzene rings is 1. The van der Waals surface area contributed by atoms with Crippen LogP contribution in [0.4, 0.5) is 19.3 Å². The molecule has 1 aromatic carbocycles. The second-order valence-electron chi connectivity index (χ2n) is 7.83. The molecular weight excluding hydrogens is 450 g/mol. The number of anilines is 1. The molecule has 0 unspecified atom stereocenters. The molecule has 0 bridgehead atoms. The van der Waals surface area contributed by atoms with Gasteiger partial charge in [0.2, 0.25) is 11.7 Å². The van der Waals surface area contributed by atoms with Crippen molar-refractivity contribution in [3.05, 3.63) is 65.4 Å². The minimum absolute atomic E-state index is 0.0849. The summed E-state index contributed by atoms with van der Waals surface area (Å²) in [6, 6.07) is 5.45. The summed E-state index contributed by atoms with van der Waals surface area (Å²) in [4.78, 5) is 34.2. The largest absolute Gasteiger partial charge is 0.453 e. The summed E-state index contributed by atoms with van der Waals surface area (Å²) in [5, 5.41) is 6.56. The maximum atomic E-state index is 14.7. The normalized spacial score (nSPS) is 13.7. The van der Waals surface area contributed by atoms with E-state index >= 15 is 0 Å². The number of nitrogens with one attached hydrogen (secondary N) is 1. The molecule has 2 amide bonds. The first kappa shape index (κ1) is 21.5. The fourth-order valence-corrected chi connectivity index (χ4v) is 3.68. The highest BCUT2D eigenvalue weighted by molar-refractivity contribution is 6.04. The monoisotopic (exact) mass is 468 g/mol. The van der Waals surface area contributed by atoms with E-state index in [-0.39, 0.29) is 28.7 Å². The number of aromatic nitrogens is 4. The Bertz CT molecular complexity index is 1430. The molecule has 4 heterocycles. The van der Waals surface area contributed by atoms with Crippen LogP contribution in [0, 0.1) is 18.6 Å². The molecule has 10 nitrogen and oxygen atoms in total. The number of carbonyl (C=O) groups is 2. The molecule has 1 saturated heterocycles. The summed E-state index contributed by atoms with van der Waals surface area (Å²) in [6.07, 6.45) is 2.01. The van der Waals surface area contributed by atoms with Crippen molar-refractivity contribution in [1.29, 1.82) is 0 Å². The van der Waals surface area contributed by atoms with Gasteiger partial charge in [-0.25, -0.2) is 18.6 Å². The van der Waals surface area contributed by atoms with Crippen LogP contribution in [-0.2, 0) is 4.74 Å². The summed E-state index contributed by atoms with van der Waals surface area (Å²) in [5.74, 6) is -1.40. The van der Waals surface area contributed by atoms with Crippen molar-refractivity contribution in [2.24, 2.45) is 0 Å². The standard InChI is InChI=1S/C22H18F2N6O4/c1-11-15(24)5-12(19-27-21(34-28-19)13-8-29(9-13)22(32)33-2)6-16(11)26-20(31)17-7-25-18-4-3-14(23)10-30(17)18/h3-7,10,13H,8-9H2,1-2H3,(H,26,31). The third kappa shape index (κ3) is 3.72. The van der Waals surface area contributed by atoms with Gasteiger partial charge in [-0.1, -0.05) is 5.16 Å². The fraction of sp³-hybridized carbons (Fsp3) is 0.227. The Labute approximate surface area is 191 Å². The average molecular weight is 468 g/mol. The maximum absolute atomic E-state index is 14.7. The van der Waals surface area contributed by atoms with E-state index in [0.717, 1.165) is 6.20 Å². The highest BCUT2D eigenvalue weighted by atomic mass is 19.1. The molecule has 34 heavy (non-hydrogen) atoms. The van der Waals surface area contributed by atoms with Crippen LogP contribution in [0.5, 0.6) is 0 Å². The highest BCUT2D eigenvalue weighted by Gasteiger charge is 2.36. The molecule has 1 N–H and O–H groups in total. The van der Waals surface area contributed by atoms with Crippen molar-refractivity contribution in [2.75, 3.05) is 25.5 Å². The molecule has 1 aliphatic heterocycles. The number of imidazole rings is 1. The zero-order chi connectivity index (χ0) is 24.0. The number of carbonyl (C=O) groups excluding carboxylic acids is 2. The van der Waals surface area contributed by atoms with Gasteiger partial charge in [0.25, 0.3) is 5.91 Å². The molecule has 0 atom stereocenters. The first-order valence-corrected chi connectivity index (χ1v) is 10.2. The Hall–Kier alpha value is -4.35. The first-order valence-electron chi connectivity index (χ1n) is 10.2. The van der Waals surface area contributed by atoms with Gasteiger partial charge in [0.15, 0.2) is 0 Å². The number of fused-ring (bicyclic) bond motifs is 1. The minimum Gasteiger partial charge on any atom is -0.453 e. The summed E-state index contributed by atoms with van der Waals surface area (Å²) < 4.78 is 39.6. The molecule has 0 spiro atoms. The Balaban J connectivity index is 1.38. The van der Waals surface area contributed by atoms with Gasteiger partial charge in [0, 0.05) is 36.1 Å². The summed E-state index contributed by atoms with van der Waals surface area (Å²) in [5.41, 5.74) is 1.17. The molecule has 4 aromatic rings. The van der Waals surface area contributed by atoms with E-state index in [1.165, 1.54) is 53.8 Å². The maximum Gasteiger partial charge on any atom is 0.409 e. The van der Waals surface area contributed by atoms with Gasteiger partial charge in [0.1, 0.15) is 23.0 Å². The quantitative estimate of drug-likeness (QED) is 0.488. The zero-order valence-electron chi connectivity index (χ0n) is 18.1. The lowest BCUT2D eigenvalue weighted by Gasteiger charge is -2.35. The van der Waals surface area contributed by atoms with Crippen LogP contribution in [0.1, 0.15) is 27.9 Å². The van der Waals surface area contributed by atoms with Crippen LogP contribution in [0.3, 0.4) is 0 Å². The van der Waals surface area contributed by atoms with Crippen molar-refractivity contribution >= 4 is 23.3 Å². The Kier molecular flexibility index (Phi) is 5.19. The third-order valence-electron chi connectivity index (χ3n) is 5.66. The van der Waals surface area contributed by atoms with Gasteiger partial charge < -0.3 is 19.5 Å². The molecule has 12 heteroatoms. The summed E-state index contributed by atoms with van der Waals surface area (Å²) in [6.45, 7) is 2.26. The first-order chi connectivity index (χ1) is 16.3. The lowest BCUT2D eigenvalue weighted by Crippen LogP contribution is -2.48. The van der Waals surface area contributed by atoms with Crippen LogP contribution in [0.15, 0.2) is 41.2 Å². The van der Waals surface area contributed by atoms with Crippen LogP contribution >= 0.6 is 0 Å². The Morgan fingerprint density at radius 2 is 2.03 bits per heavy atom. The van der Waals surface area contributed by atoms with Crippen molar-refractivity contribution < 1.29 is 27.6 Å². The number of amides is 2. The van der Waals surface area contributed by atoms with Gasteiger partial charge in [-0.3, -0.25) is 9.20 Å². The number of ether oxygens (including phenoxy) is 1. The van der Waals surface area contributed by atoms with Crippen LogP contribution in [0.25, 0.3) is 17.0 Å². The second-order valence-corrected chi connectivity index (χ2v) is 7.83. The summed E-state index contributed by atoms with van der Waals surface area (Å²) >= 11 is 0. The van der Waals surface area contributed by atoms with Crippen molar-refractivity contribution in [1.82, 2.24) is 24.4 Å². The number of hydrogen-bond acceptors (Lipinski definition) is 7. The van der Waals surface area contributed by atoms with E-state index in [1.807, 2.05) is 0 Å². The molecule has 0 saturated carbocycles. The van der Waals surface area contributed by atoms with Gasteiger partial charge in [0.05, 0.1) is 19.2 Å². The number of nitrogens with zero attached hydrogens (tertiary/aromatic N) is 5. The lowest BCUT2D eigenvalue weighted by atomic mass is 10.0. The van der Waals surface area contributed by atoms with Crippen LogP contribution < -0.4 is 5.32 Å². The summed E-state index contributed by atoms with van der Waals surface area (Å²) in [7, 11) is 1.30. The average Bonchev–Trinajstić information content (AvgIpc) is 3.42. The van der Waals surface area contributed by atoms with Crippen molar-refractivity contribution in [3.63, 3.8) is 0 Å². The third-order valence-corrected chi connectivity index (χ3v) is 5.66. The van der Waals surface area contributed by atoms with E-state index < -0.39 is 23.6 Å². The zero-order valence-corrected chi connectivity index (χ0v) is 18.1. The molecule has 0 radical (unpaired) electrons. The number of rotatable bonds is 4. The molecule has 3 aromatic heterocycles. The predicted molar refractivity (Wildman–Crippen MR) is 114 cm³/mol. The molecule has 1 fully saturated rings. The van der Waals surface area contributed by atoms with E-state index in [2.05, 4.69) is 25.2 Å². The molecule has 174 valence electrons. The Morgan fingerprint density at radius 3 is 2.79 bits per heavy atom. The Morgan fingerprint density at radius 1 is 1.24 bits per heavy atom. The van der Waals surface area contributed by atoms with Crippen molar-refractivity contribution in [2.45, 2.75) is 12.8 Å². The number of halogens is 2. The SMILES string of the molecule is COC(=O)N1CC(c2nc(-c3cc(F)c(C)c(NC(=O)c4cnc5ccc(F)cn45)c3)no2)C1. The van der Waals surface area contributed by atoms with E-state index in [1.54, 1.807) is 0 Å². The van der Waals surface area contributed by atoms with Crippen LogP contribution in [0.2, 0.25) is 0 Å². The number of hydrogen-bond donors (Lipinski definition) is 1. The number of likely N-dealkylation sites (tertiary alicyclic amines) is 1. The minimum atomic E-state index is -0.594. The topological polar surface area (TPSA) is 115 Å². The number of pyridine rings is 1. The molecule has 5 rings (SSSR count). The van der Waals surface area contributed by atoms with E-state index in [9.17, 15) is 18.4 Å². The fourth-order valence-electron chi connectivity index (χ4n) is 3.68. The molecule has 0 aliphatic carbocycles. The van der Waals surface area contributed by atoms with E-state index in [4.69, 9.17) is 4.52 Å². The van der Waals surface area contributed by atoms with E-state index in [0.29, 0.717) is 30.2 Å². The van der Waals surface area contributed by atoms with Crippen LogP contribution in [-0.4, -0.2) is 56.6 Å². The molecular formula is C22H18F2N6O4. The lowest BCUT2D eigenvalue weighted by molar-refractivity contribution is 0.0804. The number of methoxy groups -OCH3 is 1. The smallest absolute Gasteiger partial charge is 0.409 e.